The summed E-state index contributed by atoms with van der Waals surface area (Å²) in [6, 6.07) is 0.641. The van der Waals surface area contributed by atoms with E-state index in [4.69, 9.17) is 0 Å². The van der Waals surface area contributed by atoms with Gasteiger partial charge in [-0.1, -0.05) is 60.8 Å². The highest BCUT2D eigenvalue weighted by molar-refractivity contribution is 5.80. The summed E-state index contributed by atoms with van der Waals surface area (Å²) in [5, 5.41) is 6.90. The van der Waals surface area contributed by atoms with E-state index < -0.39 is 0 Å². The Morgan fingerprint density at radius 3 is 1.87 bits per heavy atom. The zero-order valence-corrected chi connectivity index (χ0v) is 27.1. The monoisotopic (exact) mass is 540 g/mol. The first kappa shape index (κ1) is 37.0. The number of esters is 1. The number of carbonyl (C=O) groups excluding carboxylic acids is 2. The van der Waals surface area contributed by atoms with Crippen LogP contribution in [-0.4, -0.2) is 62.1 Å². The maximum Gasteiger partial charge on any atom is 0.302 e. The Kier molecular flexibility index (Phi) is 20.3. The lowest BCUT2D eigenvalue weighted by atomic mass is 9.70. The van der Waals surface area contributed by atoms with Gasteiger partial charge >= 0.3 is 5.97 Å². The van der Waals surface area contributed by atoms with Gasteiger partial charge in [-0.3, -0.25) is 14.9 Å². The zero-order valence-electron chi connectivity index (χ0n) is 27.1. The lowest BCUT2D eigenvalue weighted by Gasteiger charge is -2.38. The molecule has 0 radical (unpaired) electrons. The predicted molar refractivity (Wildman–Crippen MR) is 162 cm³/mol. The van der Waals surface area contributed by atoms with Gasteiger partial charge in [-0.15, -0.1) is 0 Å². The highest BCUT2D eigenvalue weighted by Gasteiger charge is 2.30. The van der Waals surface area contributed by atoms with Crippen molar-refractivity contribution in [2.24, 2.45) is 35.5 Å². The van der Waals surface area contributed by atoms with Crippen LogP contribution in [0.1, 0.15) is 114 Å². The minimum absolute atomic E-state index is 0.0255. The molecule has 3 aliphatic rings. The number of rotatable bonds is 9. The molecule has 3 fully saturated rings. The van der Waals surface area contributed by atoms with Gasteiger partial charge in [0.1, 0.15) is 5.78 Å². The van der Waals surface area contributed by atoms with Crippen LogP contribution in [0.5, 0.6) is 0 Å². The maximum atomic E-state index is 10.2. The van der Waals surface area contributed by atoms with Crippen LogP contribution in [0.3, 0.4) is 0 Å². The first-order valence-electron chi connectivity index (χ1n) is 15.6. The van der Waals surface area contributed by atoms with E-state index in [0.717, 1.165) is 55.6 Å². The Morgan fingerprint density at radius 1 is 0.947 bits per heavy atom. The molecule has 3 rings (SSSR count). The summed E-state index contributed by atoms with van der Waals surface area (Å²) in [6.07, 6.45) is 9.33. The fourth-order valence-corrected chi connectivity index (χ4v) is 4.97. The topological polar surface area (TPSA) is 70.7 Å². The summed E-state index contributed by atoms with van der Waals surface area (Å²) in [6.45, 7) is 25.2. The van der Waals surface area contributed by atoms with Gasteiger partial charge < -0.3 is 15.0 Å². The highest BCUT2D eigenvalue weighted by Crippen LogP contribution is 2.38. The summed E-state index contributed by atoms with van der Waals surface area (Å²) in [4.78, 5) is 22.8. The molecule has 1 aliphatic heterocycles. The molecule has 2 aliphatic carbocycles. The molecule has 0 aromatic heterocycles. The lowest BCUT2D eigenvalue weighted by Crippen LogP contribution is -2.41. The third kappa shape index (κ3) is 19.1. The average molecular weight is 540 g/mol. The van der Waals surface area contributed by atoms with Gasteiger partial charge in [0.25, 0.3) is 0 Å². The second kappa shape index (κ2) is 20.9. The number of ether oxygens (including phenoxy) is 1. The molecule has 5 unspecified atom stereocenters. The van der Waals surface area contributed by atoms with Crippen molar-refractivity contribution in [2.45, 2.75) is 126 Å². The molecule has 226 valence electrons. The van der Waals surface area contributed by atoms with Crippen molar-refractivity contribution in [1.82, 2.24) is 15.5 Å². The minimum Gasteiger partial charge on any atom is -0.463 e. The van der Waals surface area contributed by atoms with E-state index >= 15 is 0 Å². The van der Waals surface area contributed by atoms with E-state index in [1.165, 1.54) is 52.1 Å². The number of nitrogens with one attached hydrogen (secondary N) is 2. The predicted octanol–water partition coefficient (Wildman–Crippen LogP) is 6.53. The summed E-state index contributed by atoms with van der Waals surface area (Å²) < 4.78 is 4.61. The number of carbonyl (C=O) groups is 2. The van der Waals surface area contributed by atoms with E-state index in [9.17, 15) is 9.59 Å². The SMILES string of the molecule is CC(=O)C1CC1.CC(=O)OC(C)C.CCC(C)C.CCC(CN(C)CC1CNCN1)C1CCC(C)C(C)C1. The molecule has 2 N–H and O–H groups in total. The van der Waals surface area contributed by atoms with Crippen LogP contribution >= 0.6 is 0 Å². The fourth-order valence-electron chi connectivity index (χ4n) is 4.97. The van der Waals surface area contributed by atoms with Crippen molar-refractivity contribution in [2.75, 3.05) is 33.4 Å². The molecule has 5 atom stereocenters. The van der Waals surface area contributed by atoms with Crippen molar-refractivity contribution in [3.8, 4) is 0 Å². The first-order valence-corrected chi connectivity index (χ1v) is 15.6. The molecular weight excluding hydrogens is 474 g/mol. The highest BCUT2D eigenvalue weighted by atomic mass is 16.5. The van der Waals surface area contributed by atoms with Gasteiger partial charge in [0.2, 0.25) is 0 Å². The normalized spacial score (nSPS) is 25.4. The lowest BCUT2D eigenvalue weighted by molar-refractivity contribution is -0.144. The van der Waals surface area contributed by atoms with Crippen LogP contribution in [0.25, 0.3) is 0 Å². The Balaban J connectivity index is 0.000000618. The van der Waals surface area contributed by atoms with Crippen LogP contribution in [0.4, 0.5) is 0 Å². The van der Waals surface area contributed by atoms with E-state index in [0.29, 0.717) is 17.7 Å². The third-order valence-electron chi connectivity index (χ3n) is 8.18. The fraction of sp³-hybridized carbons (Fsp3) is 0.938. The Bertz CT molecular complexity index is 615. The largest absolute Gasteiger partial charge is 0.463 e. The molecule has 1 saturated heterocycles. The van der Waals surface area contributed by atoms with Crippen LogP contribution < -0.4 is 10.6 Å². The number of ketones is 1. The van der Waals surface area contributed by atoms with Gasteiger partial charge in [0, 0.05) is 45.2 Å². The summed E-state index contributed by atoms with van der Waals surface area (Å²) in [7, 11) is 2.30. The zero-order chi connectivity index (χ0) is 29.3. The average Bonchev–Trinajstić information content (AvgIpc) is 3.57. The Labute approximate surface area is 236 Å². The van der Waals surface area contributed by atoms with Gasteiger partial charge in [-0.05, 0) is 83.1 Å². The Morgan fingerprint density at radius 2 is 1.55 bits per heavy atom. The van der Waals surface area contributed by atoms with Crippen LogP contribution in [0, 0.1) is 35.5 Å². The summed E-state index contributed by atoms with van der Waals surface area (Å²) in [5.74, 6) is 5.22. The van der Waals surface area contributed by atoms with Crippen LogP contribution in [-0.2, 0) is 14.3 Å². The van der Waals surface area contributed by atoms with Gasteiger partial charge in [0.15, 0.2) is 0 Å². The molecule has 0 aromatic rings. The van der Waals surface area contributed by atoms with Gasteiger partial charge in [0.05, 0.1) is 6.10 Å². The molecule has 1 heterocycles. The molecule has 0 spiro atoms. The molecule has 2 saturated carbocycles. The van der Waals surface area contributed by atoms with Gasteiger partial charge in [-0.25, -0.2) is 0 Å². The van der Waals surface area contributed by atoms with Crippen molar-refractivity contribution < 1.29 is 14.3 Å². The van der Waals surface area contributed by atoms with Crippen LogP contribution in [0.2, 0.25) is 0 Å². The molecule has 0 amide bonds. The van der Waals surface area contributed by atoms with Gasteiger partial charge in [-0.2, -0.15) is 0 Å². The number of hydrogen-bond donors (Lipinski definition) is 2. The summed E-state index contributed by atoms with van der Waals surface area (Å²) in [5.41, 5.74) is 0. The second-order valence-electron chi connectivity index (χ2n) is 12.8. The minimum atomic E-state index is -0.213. The standard InChI is InChI=1S/C17H35N3.C5H10O2.C5H8O.C5H12/c1-5-15(16-7-6-13(2)14(3)8-16)10-20(4)11-17-9-18-12-19-17;1-4(2)7-5(3)6;1-4(6)5-2-3-5;1-4-5(2)3/h13-19H,5-12H2,1-4H3;4H,1-3H3;5H,2-3H2,1H3;5H,4H2,1-3H3. The van der Waals surface area contributed by atoms with E-state index in [-0.39, 0.29) is 12.1 Å². The quantitative estimate of drug-likeness (QED) is 0.325. The second-order valence-corrected chi connectivity index (χ2v) is 12.8. The van der Waals surface area contributed by atoms with Crippen LogP contribution in [0.15, 0.2) is 0 Å². The maximum absolute atomic E-state index is 10.2. The van der Waals surface area contributed by atoms with E-state index in [2.05, 4.69) is 68.9 Å². The Hall–Kier alpha value is -0.980. The van der Waals surface area contributed by atoms with E-state index in [1.807, 2.05) is 13.8 Å². The summed E-state index contributed by atoms with van der Waals surface area (Å²) >= 11 is 0. The molecule has 6 heteroatoms. The number of hydrogen-bond acceptors (Lipinski definition) is 6. The third-order valence-corrected chi connectivity index (χ3v) is 8.18. The molecule has 0 bridgehead atoms. The smallest absolute Gasteiger partial charge is 0.302 e. The first-order chi connectivity index (χ1) is 17.8. The van der Waals surface area contributed by atoms with Crippen molar-refractivity contribution in [3.63, 3.8) is 0 Å². The van der Waals surface area contributed by atoms with Crippen molar-refractivity contribution in [3.05, 3.63) is 0 Å². The van der Waals surface area contributed by atoms with Crippen molar-refractivity contribution >= 4 is 11.8 Å². The molecular formula is C32H65N3O3. The molecule has 6 nitrogen and oxygen atoms in total. The van der Waals surface area contributed by atoms with Crippen molar-refractivity contribution in [1.29, 1.82) is 0 Å². The number of nitrogens with zero attached hydrogens (tertiary/aromatic N) is 1. The molecule has 0 aromatic carbocycles. The van der Waals surface area contributed by atoms with E-state index in [1.54, 1.807) is 6.92 Å². The number of likely N-dealkylation sites (N-methyl/N-ethyl adjacent to an activating group) is 1. The number of Topliss-reactive ketones (excluding diaryl/α,β-unsaturated/α-hetero) is 1. The molecule has 38 heavy (non-hydrogen) atoms.